The van der Waals surface area contributed by atoms with E-state index in [4.69, 9.17) is 9.84 Å². The first-order valence-electron chi connectivity index (χ1n) is 6.00. The minimum Gasteiger partial charge on any atom is -0.494 e. The van der Waals surface area contributed by atoms with Crippen LogP contribution in [0.25, 0.3) is 0 Å². The van der Waals surface area contributed by atoms with E-state index in [0.29, 0.717) is 13.0 Å². The summed E-state index contributed by atoms with van der Waals surface area (Å²) in [4.78, 5) is 22.6. The number of carbonyl (C=O) groups excluding carboxylic acids is 1. The second kappa shape index (κ2) is 6.78. The lowest BCUT2D eigenvalue weighted by molar-refractivity contribution is -0.166. The smallest absolute Gasteiger partial charge is 0.322 e. The monoisotopic (exact) mass is 266 g/mol. The molecule has 19 heavy (non-hydrogen) atoms. The van der Waals surface area contributed by atoms with Crippen molar-refractivity contribution in [1.29, 1.82) is 0 Å². The molecule has 1 aromatic rings. The van der Waals surface area contributed by atoms with Gasteiger partial charge in [-0.3, -0.25) is 9.59 Å². The van der Waals surface area contributed by atoms with E-state index >= 15 is 0 Å². The summed E-state index contributed by atoms with van der Waals surface area (Å²) in [5.41, 5.74) is -1.52. The van der Waals surface area contributed by atoms with Gasteiger partial charge in [0.1, 0.15) is 5.75 Å². The number of carboxylic acids is 1. The van der Waals surface area contributed by atoms with Crippen LogP contribution in [0.5, 0.6) is 5.75 Å². The van der Waals surface area contributed by atoms with E-state index in [1.54, 1.807) is 0 Å². The molecule has 0 fully saturated rings. The maximum atomic E-state index is 11.5. The van der Waals surface area contributed by atoms with Gasteiger partial charge in [-0.1, -0.05) is 18.2 Å². The average molecular weight is 266 g/mol. The van der Waals surface area contributed by atoms with Gasteiger partial charge < -0.3 is 14.6 Å². The number of methoxy groups -OCH3 is 1. The summed E-state index contributed by atoms with van der Waals surface area (Å²) in [7, 11) is 1.18. The van der Waals surface area contributed by atoms with Gasteiger partial charge in [0.25, 0.3) is 0 Å². The fourth-order valence-electron chi connectivity index (χ4n) is 1.65. The van der Waals surface area contributed by atoms with Crippen molar-refractivity contribution in [2.24, 2.45) is 5.41 Å². The Balaban J connectivity index is 2.46. The van der Waals surface area contributed by atoms with Crippen molar-refractivity contribution in [3.63, 3.8) is 0 Å². The lowest BCUT2D eigenvalue weighted by Crippen LogP contribution is -2.37. The summed E-state index contributed by atoms with van der Waals surface area (Å²) in [6, 6.07) is 9.22. The largest absolute Gasteiger partial charge is 0.494 e. The van der Waals surface area contributed by atoms with Crippen LogP contribution in [0, 0.1) is 5.41 Å². The Morgan fingerprint density at radius 1 is 1.26 bits per heavy atom. The van der Waals surface area contributed by atoms with Gasteiger partial charge >= 0.3 is 11.9 Å². The molecule has 5 heteroatoms. The van der Waals surface area contributed by atoms with Gasteiger partial charge in [0.2, 0.25) is 0 Å². The average Bonchev–Trinajstić information content (AvgIpc) is 2.43. The predicted octanol–water partition coefficient (Wildman–Crippen LogP) is 2.11. The van der Waals surface area contributed by atoms with Crippen LogP contribution in [-0.2, 0) is 14.3 Å². The summed E-state index contributed by atoms with van der Waals surface area (Å²) < 4.78 is 9.98. The third kappa shape index (κ3) is 3.98. The van der Waals surface area contributed by atoms with E-state index in [0.717, 1.165) is 5.75 Å². The molecular weight excluding hydrogens is 248 g/mol. The molecule has 0 spiro atoms. The number of para-hydroxylation sites is 1. The van der Waals surface area contributed by atoms with E-state index in [2.05, 4.69) is 4.74 Å². The first-order chi connectivity index (χ1) is 9.00. The number of esters is 1. The standard InChI is InChI=1S/C14H18O5/c1-14(12(15)16,13(17)18-2)9-6-10-19-11-7-4-3-5-8-11/h3-5,7-8H,6,9-10H2,1-2H3,(H,15,16). The van der Waals surface area contributed by atoms with Crippen molar-refractivity contribution in [2.45, 2.75) is 19.8 Å². The highest BCUT2D eigenvalue weighted by molar-refractivity contribution is 5.98. The second-order valence-corrected chi connectivity index (χ2v) is 4.39. The van der Waals surface area contributed by atoms with E-state index in [-0.39, 0.29) is 6.42 Å². The molecular formula is C14H18O5. The van der Waals surface area contributed by atoms with Gasteiger partial charge in [-0.2, -0.15) is 0 Å². The number of ether oxygens (including phenoxy) is 2. The van der Waals surface area contributed by atoms with Crippen LogP contribution >= 0.6 is 0 Å². The number of carbonyl (C=O) groups is 2. The number of carboxylic acid groups (broad SMARTS) is 1. The summed E-state index contributed by atoms with van der Waals surface area (Å²) in [6.07, 6.45) is 0.620. The molecule has 0 aliphatic rings. The molecule has 1 unspecified atom stereocenters. The molecule has 1 rings (SSSR count). The fourth-order valence-corrected chi connectivity index (χ4v) is 1.65. The van der Waals surface area contributed by atoms with Crippen LogP contribution in [0.3, 0.4) is 0 Å². The molecule has 104 valence electrons. The molecule has 0 saturated heterocycles. The SMILES string of the molecule is COC(=O)C(C)(CCCOc1ccccc1)C(=O)O. The third-order valence-corrected chi connectivity index (χ3v) is 2.94. The maximum absolute atomic E-state index is 11.5. The van der Waals surface area contributed by atoms with Crippen LogP contribution in [0.4, 0.5) is 0 Å². The molecule has 0 radical (unpaired) electrons. The number of rotatable bonds is 7. The zero-order valence-corrected chi connectivity index (χ0v) is 11.1. The maximum Gasteiger partial charge on any atom is 0.322 e. The van der Waals surface area contributed by atoms with Crippen molar-refractivity contribution >= 4 is 11.9 Å². The molecule has 1 aromatic carbocycles. The lowest BCUT2D eigenvalue weighted by Gasteiger charge is -2.21. The molecule has 0 aliphatic heterocycles. The van der Waals surface area contributed by atoms with Gasteiger partial charge in [0.05, 0.1) is 13.7 Å². The molecule has 0 bridgehead atoms. The Bertz CT molecular complexity index is 429. The quantitative estimate of drug-likeness (QED) is 0.465. The molecule has 1 atom stereocenters. The van der Waals surface area contributed by atoms with Gasteiger partial charge in [-0.15, -0.1) is 0 Å². The molecule has 5 nitrogen and oxygen atoms in total. The van der Waals surface area contributed by atoms with E-state index in [9.17, 15) is 9.59 Å². The highest BCUT2D eigenvalue weighted by atomic mass is 16.5. The van der Waals surface area contributed by atoms with Crippen LogP contribution < -0.4 is 4.74 Å². The highest BCUT2D eigenvalue weighted by Gasteiger charge is 2.41. The predicted molar refractivity (Wildman–Crippen MR) is 68.9 cm³/mol. The zero-order chi connectivity index (χ0) is 14.3. The van der Waals surface area contributed by atoms with Crippen molar-refractivity contribution in [3.05, 3.63) is 30.3 Å². The van der Waals surface area contributed by atoms with Crippen LogP contribution in [0.15, 0.2) is 30.3 Å². The van der Waals surface area contributed by atoms with E-state index in [1.807, 2.05) is 30.3 Å². The van der Waals surface area contributed by atoms with Crippen molar-refractivity contribution in [2.75, 3.05) is 13.7 Å². The molecule has 0 amide bonds. The number of benzene rings is 1. The summed E-state index contributed by atoms with van der Waals surface area (Å²) in [5, 5.41) is 9.11. The van der Waals surface area contributed by atoms with Gasteiger partial charge in [-0.25, -0.2) is 0 Å². The van der Waals surface area contributed by atoms with Crippen molar-refractivity contribution in [1.82, 2.24) is 0 Å². The van der Waals surface area contributed by atoms with Crippen LogP contribution in [0.1, 0.15) is 19.8 Å². The Hall–Kier alpha value is -2.04. The molecule has 0 aliphatic carbocycles. The van der Waals surface area contributed by atoms with Crippen LogP contribution in [0.2, 0.25) is 0 Å². The Kier molecular flexibility index (Phi) is 5.36. The van der Waals surface area contributed by atoms with Gasteiger partial charge in [-0.05, 0) is 31.9 Å². The summed E-state index contributed by atoms with van der Waals surface area (Å²) in [6.45, 7) is 1.72. The topological polar surface area (TPSA) is 72.8 Å². The fraction of sp³-hybridized carbons (Fsp3) is 0.429. The van der Waals surface area contributed by atoms with E-state index < -0.39 is 17.4 Å². The normalized spacial score (nSPS) is 13.4. The van der Waals surface area contributed by atoms with Crippen molar-refractivity contribution < 1.29 is 24.2 Å². The molecule has 0 heterocycles. The highest BCUT2D eigenvalue weighted by Crippen LogP contribution is 2.25. The number of hydrogen-bond acceptors (Lipinski definition) is 4. The first kappa shape index (κ1) is 15.0. The summed E-state index contributed by atoms with van der Waals surface area (Å²) in [5.74, 6) is -1.20. The molecule has 0 aromatic heterocycles. The van der Waals surface area contributed by atoms with Crippen molar-refractivity contribution in [3.8, 4) is 5.75 Å². The van der Waals surface area contributed by atoms with Gasteiger partial charge in [0, 0.05) is 0 Å². The van der Waals surface area contributed by atoms with E-state index in [1.165, 1.54) is 14.0 Å². The minimum absolute atomic E-state index is 0.168. The Labute approximate surface area is 112 Å². The first-order valence-corrected chi connectivity index (χ1v) is 6.00. The van der Waals surface area contributed by atoms with Crippen LogP contribution in [-0.4, -0.2) is 30.8 Å². The Morgan fingerprint density at radius 2 is 1.89 bits per heavy atom. The Morgan fingerprint density at radius 3 is 2.42 bits per heavy atom. The molecule has 1 N–H and O–H groups in total. The number of hydrogen-bond donors (Lipinski definition) is 1. The lowest BCUT2D eigenvalue weighted by atomic mass is 9.86. The minimum atomic E-state index is -1.52. The third-order valence-electron chi connectivity index (χ3n) is 2.94. The molecule has 0 saturated carbocycles. The zero-order valence-electron chi connectivity index (χ0n) is 11.1. The second-order valence-electron chi connectivity index (χ2n) is 4.39. The van der Waals surface area contributed by atoms with Gasteiger partial charge in [0.15, 0.2) is 5.41 Å². The number of aliphatic carboxylic acids is 1. The summed E-state index contributed by atoms with van der Waals surface area (Å²) >= 11 is 0.